The molecule has 2 aliphatic rings. The summed E-state index contributed by atoms with van der Waals surface area (Å²) in [6, 6.07) is 7.62. The first kappa shape index (κ1) is 19.8. The summed E-state index contributed by atoms with van der Waals surface area (Å²) in [5, 5.41) is 0. The van der Waals surface area contributed by atoms with Crippen LogP contribution in [0.5, 0.6) is 0 Å². The standard InChI is InChI=1S/C19H27N3O4S/c1-19(2)15-6-4-5-7-16(15)22(18(19)24)14-17(23)21-10-8-20(9-11-21)12-13-27(3,25)26/h4-7H,8-14H2,1-3H3. The number of carbonyl (C=O) groups is 2. The summed E-state index contributed by atoms with van der Waals surface area (Å²) in [5.74, 6) is 0.0113. The van der Waals surface area contributed by atoms with Gasteiger partial charge in [0.15, 0.2) is 0 Å². The molecule has 0 unspecified atom stereocenters. The average Bonchev–Trinajstić information content (AvgIpc) is 2.81. The van der Waals surface area contributed by atoms with E-state index in [0.29, 0.717) is 32.7 Å². The minimum absolute atomic E-state index is 0.0443. The first-order valence-corrected chi connectivity index (χ1v) is 11.2. The number of fused-ring (bicyclic) bond motifs is 1. The molecule has 7 nitrogen and oxygen atoms in total. The minimum Gasteiger partial charge on any atom is -0.339 e. The maximum atomic E-state index is 12.8. The van der Waals surface area contributed by atoms with Crippen molar-refractivity contribution >= 4 is 27.3 Å². The van der Waals surface area contributed by atoms with E-state index in [4.69, 9.17) is 0 Å². The Hall–Kier alpha value is -1.93. The number of para-hydroxylation sites is 1. The number of carbonyl (C=O) groups excluding carboxylic acids is 2. The van der Waals surface area contributed by atoms with Crippen molar-refractivity contribution in [2.75, 3.05) is 56.2 Å². The Labute approximate surface area is 160 Å². The molecule has 0 bridgehead atoms. The highest BCUT2D eigenvalue weighted by Crippen LogP contribution is 2.41. The van der Waals surface area contributed by atoms with Gasteiger partial charge >= 0.3 is 0 Å². The molecule has 0 aliphatic carbocycles. The molecule has 0 N–H and O–H groups in total. The Kier molecular flexibility index (Phi) is 5.31. The molecule has 0 saturated carbocycles. The van der Waals surface area contributed by atoms with Gasteiger partial charge in [0.2, 0.25) is 11.8 Å². The summed E-state index contributed by atoms with van der Waals surface area (Å²) in [5.41, 5.74) is 1.14. The highest BCUT2D eigenvalue weighted by molar-refractivity contribution is 7.90. The van der Waals surface area contributed by atoms with Gasteiger partial charge in [0.05, 0.1) is 11.2 Å². The molecule has 27 heavy (non-hydrogen) atoms. The van der Waals surface area contributed by atoms with Gasteiger partial charge in [-0.2, -0.15) is 0 Å². The van der Waals surface area contributed by atoms with Gasteiger partial charge in [-0.1, -0.05) is 18.2 Å². The second kappa shape index (κ2) is 7.24. The minimum atomic E-state index is -2.98. The number of piperazine rings is 1. The van der Waals surface area contributed by atoms with E-state index in [2.05, 4.69) is 4.90 Å². The quantitative estimate of drug-likeness (QED) is 0.728. The summed E-state index contributed by atoms with van der Waals surface area (Å²) in [4.78, 5) is 31.0. The van der Waals surface area contributed by atoms with Crippen LogP contribution in [0, 0.1) is 0 Å². The fourth-order valence-corrected chi connectivity index (χ4v) is 4.30. The smallest absolute Gasteiger partial charge is 0.242 e. The first-order chi connectivity index (χ1) is 12.6. The fraction of sp³-hybridized carbons (Fsp3) is 0.579. The predicted octanol–water partition coefficient (Wildman–Crippen LogP) is 0.500. The lowest BCUT2D eigenvalue weighted by atomic mass is 9.86. The van der Waals surface area contributed by atoms with Crippen molar-refractivity contribution in [3.05, 3.63) is 29.8 Å². The van der Waals surface area contributed by atoms with E-state index in [-0.39, 0.29) is 24.1 Å². The molecular formula is C19H27N3O4S. The number of rotatable bonds is 5. The van der Waals surface area contributed by atoms with Crippen molar-refractivity contribution in [2.24, 2.45) is 0 Å². The summed E-state index contributed by atoms with van der Waals surface area (Å²) < 4.78 is 22.6. The number of benzene rings is 1. The zero-order valence-electron chi connectivity index (χ0n) is 16.1. The lowest BCUT2D eigenvalue weighted by Crippen LogP contribution is -2.52. The molecule has 1 fully saturated rings. The van der Waals surface area contributed by atoms with Crippen molar-refractivity contribution < 1.29 is 18.0 Å². The number of hydrogen-bond donors (Lipinski definition) is 0. The zero-order valence-corrected chi connectivity index (χ0v) is 17.0. The maximum Gasteiger partial charge on any atom is 0.242 e. The van der Waals surface area contributed by atoms with E-state index in [9.17, 15) is 18.0 Å². The van der Waals surface area contributed by atoms with E-state index in [0.717, 1.165) is 11.3 Å². The van der Waals surface area contributed by atoms with E-state index >= 15 is 0 Å². The summed E-state index contributed by atoms with van der Waals surface area (Å²) in [6.45, 7) is 6.72. The van der Waals surface area contributed by atoms with Crippen molar-refractivity contribution in [3.8, 4) is 0 Å². The summed E-state index contributed by atoms with van der Waals surface area (Å²) in [6.07, 6.45) is 1.24. The molecule has 0 radical (unpaired) electrons. The normalized spacial score (nSPS) is 20.0. The van der Waals surface area contributed by atoms with Gasteiger partial charge in [0, 0.05) is 44.7 Å². The van der Waals surface area contributed by atoms with Gasteiger partial charge in [0.25, 0.3) is 0 Å². The highest BCUT2D eigenvalue weighted by Gasteiger charge is 2.44. The Morgan fingerprint density at radius 3 is 2.37 bits per heavy atom. The lowest BCUT2D eigenvalue weighted by Gasteiger charge is -2.35. The SMILES string of the molecule is CC1(C)C(=O)N(CC(=O)N2CCN(CCS(C)(=O)=O)CC2)c2ccccc21. The van der Waals surface area contributed by atoms with Gasteiger partial charge in [-0.3, -0.25) is 14.5 Å². The van der Waals surface area contributed by atoms with Crippen molar-refractivity contribution in [1.29, 1.82) is 0 Å². The van der Waals surface area contributed by atoms with E-state index < -0.39 is 15.3 Å². The lowest BCUT2D eigenvalue weighted by molar-refractivity contribution is -0.133. The molecule has 3 rings (SSSR count). The van der Waals surface area contributed by atoms with Crippen LogP contribution >= 0.6 is 0 Å². The van der Waals surface area contributed by atoms with Crippen LogP contribution in [0.15, 0.2) is 24.3 Å². The monoisotopic (exact) mass is 393 g/mol. The first-order valence-electron chi connectivity index (χ1n) is 9.19. The Morgan fingerprint density at radius 2 is 1.74 bits per heavy atom. The highest BCUT2D eigenvalue weighted by atomic mass is 32.2. The molecule has 2 amide bonds. The number of nitrogens with zero attached hydrogens (tertiary/aromatic N) is 3. The number of hydrogen-bond acceptors (Lipinski definition) is 5. The number of amides is 2. The predicted molar refractivity (Wildman–Crippen MR) is 105 cm³/mol. The maximum absolute atomic E-state index is 12.8. The van der Waals surface area contributed by atoms with Crippen molar-refractivity contribution in [1.82, 2.24) is 9.80 Å². The second-order valence-corrected chi connectivity index (χ2v) is 10.1. The van der Waals surface area contributed by atoms with Crippen LogP contribution < -0.4 is 4.90 Å². The fourth-order valence-electron chi connectivity index (χ4n) is 3.71. The molecule has 0 atom stereocenters. The van der Waals surface area contributed by atoms with Gasteiger partial charge in [-0.25, -0.2) is 8.42 Å². The number of sulfone groups is 1. The Bertz CT molecular complexity index is 842. The number of anilines is 1. The molecule has 0 aromatic heterocycles. The van der Waals surface area contributed by atoms with Gasteiger partial charge in [0.1, 0.15) is 16.4 Å². The van der Waals surface area contributed by atoms with Crippen molar-refractivity contribution in [3.63, 3.8) is 0 Å². The molecule has 1 aromatic rings. The third-order valence-electron chi connectivity index (χ3n) is 5.44. The molecule has 2 heterocycles. The molecule has 148 valence electrons. The van der Waals surface area contributed by atoms with Gasteiger partial charge < -0.3 is 9.80 Å². The molecule has 0 spiro atoms. The Morgan fingerprint density at radius 1 is 1.11 bits per heavy atom. The van der Waals surface area contributed by atoms with Gasteiger partial charge in [-0.05, 0) is 25.5 Å². The summed E-state index contributed by atoms with van der Waals surface area (Å²) >= 11 is 0. The van der Waals surface area contributed by atoms with E-state index in [1.165, 1.54) is 6.26 Å². The van der Waals surface area contributed by atoms with Crippen LogP contribution in [-0.4, -0.2) is 81.3 Å². The van der Waals surface area contributed by atoms with Crippen LogP contribution in [0.3, 0.4) is 0 Å². The second-order valence-electron chi connectivity index (χ2n) is 7.89. The third kappa shape index (κ3) is 4.16. The van der Waals surface area contributed by atoms with Gasteiger partial charge in [-0.15, -0.1) is 0 Å². The molecule has 1 saturated heterocycles. The van der Waals surface area contributed by atoms with E-state index in [1.807, 2.05) is 38.1 Å². The summed E-state index contributed by atoms with van der Waals surface area (Å²) in [7, 11) is -2.98. The molecule has 8 heteroatoms. The van der Waals surface area contributed by atoms with E-state index in [1.54, 1.807) is 9.80 Å². The van der Waals surface area contributed by atoms with Crippen LogP contribution in [0.25, 0.3) is 0 Å². The van der Waals surface area contributed by atoms with Crippen LogP contribution in [0.4, 0.5) is 5.69 Å². The Balaban J connectivity index is 1.60. The largest absolute Gasteiger partial charge is 0.339 e. The average molecular weight is 394 g/mol. The van der Waals surface area contributed by atoms with Crippen molar-refractivity contribution in [2.45, 2.75) is 19.3 Å². The molecule has 1 aromatic carbocycles. The topological polar surface area (TPSA) is 78.0 Å². The van der Waals surface area contributed by atoms with Crippen LogP contribution in [0.2, 0.25) is 0 Å². The molecule has 2 aliphatic heterocycles. The van der Waals surface area contributed by atoms with Crippen LogP contribution in [-0.2, 0) is 24.8 Å². The molecular weight excluding hydrogens is 366 g/mol. The zero-order chi connectivity index (χ0) is 19.8. The van der Waals surface area contributed by atoms with Crippen LogP contribution in [0.1, 0.15) is 19.4 Å². The third-order valence-corrected chi connectivity index (χ3v) is 6.37.